The fourth-order valence-electron chi connectivity index (χ4n) is 1.77. The van der Waals surface area contributed by atoms with Crippen LogP contribution >= 0.6 is 34.7 Å². The maximum Gasteiger partial charge on any atom is 0.387 e. The summed E-state index contributed by atoms with van der Waals surface area (Å²) in [6.07, 6.45) is 2.12. The van der Waals surface area contributed by atoms with Crippen molar-refractivity contribution in [3.63, 3.8) is 0 Å². The monoisotopic (exact) mass is 378 g/mol. The first-order valence-electron chi connectivity index (χ1n) is 6.43. The van der Waals surface area contributed by atoms with E-state index in [0.29, 0.717) is 5.69 Å². The number of nitrogens with zero attached hydrogens (tertiary/aromatic N) is 1. The second-order valence-corrected chi connectivity index (χ2v) is 6.99. The first-order chi connectivity index (χ1) is 10.9. The number of alkyl halides is 2. The normalized spacial score (nSPS) is 10.9. The van der Waals surface area contributed by atoms with Crippen molar-refractivity contribution in [3.05, 3.63) is 33.8 Å². The first kappa shape index (κ1) is 18.0. The van der Waals surface area contributed by atoms with Gasteiger partial charge >= 0.3 is 6.61 Å². The average Bonchev–Trinajstić information content (AvgIpc) is 2.82. The van der Waals surface area contributed by atoms with Gasteiger partial charge in [-0.15, -0.1) is 11.3 Å². The molecule has 1 aromatic carbocycles. The third kappa shape index (κ3) is 5.05. The zero-order valence-corrected chi connectivity index (χ0v) is 14.6. The molecule has 2 aromatic rings. The van der Waals surface area contributed by atoms with E-state index in [1.54, 1.807) is 0 Å². The highest BCUT2D eigenvalue weighted by molar-refractivity contribution is 8.00. The lowest BCUT2D eigenvalue weighted by Crippen LogP contribution is -2.14. The Morgan fingerprint density at radius 2 is 2.26 bits per heavy atom. The number of benzene rings is 1. The van der Waals surface area contributed by atoms with Crippen molar-refractivity contribution in [1.29, 1.82) is 0 Å². The van der Waals surface area contributed by atoms with E-state index in [-0.39, 0.29) is 23.1 Å². The van der Waals surface area contributed by atoms with Crippen LogP contribution in [0.25, 0.3) is 0 Å². The third-order valence-corrected chi connectivity index (χ3v) is 5.24. The summed E-state index contributed by atoms with van der Waals surface area (Å²) in [5.41, 5.74) is 1.24. The topological polar surface area (TPSA) is 51.2 Å². The summed E-state index contributed by atoms with van der Waals surface area (Å²) in [6.45, 7) is -1.10. The van der Waals surface area contributed by atoms with Gasteiger partial charge in [-0.1, -0.05) is 23.4 Å². The lowest BCUT2D eigenvalue weighted by Gasteiger charge is -2.09. The van der Waals surface area contributed by atoms with Crippen LogP contribution in [0.2, 0.25) is 5.02 Å². The van der Waals surface area contributed by atoms with Crippen LogP contribution in [0, 0.1) is 6.92 Å². The number of aryl methyl sites for hydroxylation is 1. The smallest absolute Gasteiger partial charge is 0.387 e. The van der Waals surface area contributed by atoms with Crippen LogP contribution in [0.4, 0.5) is 14.5 Å². The molecule has 1 heterocycles. The van der Waals surface area contributed by atoms with E-state index in [0.717, 1.165) is 14.9 Å². The highest BCUT2D eigenvalue weighted by Gasteiger charge is 2.13. The molecular weight excluding hydrogens is 366 g/mol. The molecule has 0 saturated carbocycles. The van der Waals surface area contributed by atoms with E-state index in [1.807, 2.05) is 13.2 Å². The third-order valence-electron chi connectivity index (χ3n) is 2.80. The molecule has 0 bridgehead atoms. The summed E-state index contributed by atoms with van der Waals surface area (Å²) >= 11 is 8.84. The SMILES string of the molecule is CSc1nc(C)c(CC(=O)Nc2ccc(OC(F)F)c(Cl)c2)s1. The number of ether oxygens (including phenoxy) is 1. The van der Waals surface area contributed by atoms with Crippen LogP contribution < -0.4 is 10.1 Å². The molecule has 9 heteroatoms. The van der Waals surface area contributed by atoms with E-state index in [9.17, 15) is 13.6 Å². The van der Waals surface area contributed by atoms with E-state index >= 15 is 0 Å². The molecule has 0 aliphatic rings. The Bertz CT molecular complexity index is 710. The quantitative estimate of drug-likeness (QED) is 0.746. The van der Waals surface area contributed by atoms with Gasteiger partial charge < -0.3 is 10.1 Å². The minimum absolute atomic E-state index is 0.00161. The molecular formula is C14H13ClF2N2O2S2. The van der Waals surface area contributed by atoms with Gasteiger partial charge in [-0.25, -0.2) is 4.98 Å². The number of carbonyl (C=O) groups excluding carboxylic acids is 1. The number of carbonyl (C=O) groups is 1. The molecule has 23 heavy (non-hydrogen) atoms. The largest absolute Gasteiger partial charge is 0.433 e. The number of aromatic nitrogens is 1. The molecule has 0 unspecified atom stereocenters. The maximum atomic E-state index is 12.2. The highest BCUT2D eigenvalue weighted by Crippen LogP contribution is 2.29. The number of anilines is 1. The Labute approximate surface area is 145 Å². The van der Waals surface area contributed by atoms with Crippen molar-refractivity contribution < 1.29 is 18.3 Å². The number of rotatable bonds is 6. The Balaban J connectivity index is 2.02. The van der Waals surface area contributed by atoms with Crippen LogP contribution in [0.15, 0.2) is 22.5 Å². The van der Waals surface area contributed by atoms with Crippen molar-refractivity contribution in [2.75, 3.05) is 11.6 Å². The van der Waals surface area contributed by atoms with E-state index in [4.69, 9.17) is 11.6 Å². The van der Waals surface area contributed by atoms with Crippen LogP contribution in [-0.2, 0) is 11.2 Å². The van der Waals surface area contributed by atoms with Crippen LogP contribution in [-0.4, -0.2) is 23.8 Å². The molecule has 1 amide bonds. The molecule has 4 nitrogen and oxygen atoms in total. The molecule has 0 saturated heterocycles. The lowest BCUT2D eigenvalue weighted by molar-refractivity contribution is -0.115. The summed E-state index contributed by atoms with van der Waals surface area (Å²) in [6, 6.07) is 4.10. The van der Waals surface area contributed by atoms with Crippen LogP contribution in [0.3, 0.4) is 0 Å². The van der Waals surface area contributed by atoms with Crippen LogP contribution in [0.1, 0.15) is 10.6 Å². The summed E-state index contributed by atoms with van der Waals surface area (Å²) in [7, 11) is 0. The summed E-state index contributed by atoms with van der Waals surface area (Å²) in [5, 5.41) is 2.67. The Morgan fingerprint density at radius 1 is 1.52 bits per heavy atom. The minimum atomic E-state index is -2.95. The summed E-state index contributed by atoms with van der Waals surface area (Å²) < 4.78 is 29.5. The number of nitrogens with one attached hydrogen (secondary N) is 1. The number of halogens is 3. The first-order valence-corrected chi connectivity index (χ1v) is 8.85. The van der Waals surface area contributed by atoms with Crippen molar-refractivity contribution in [3.8, 4) is 5.75 Å². The van der Waals surface area contributed by atoms with Gasteiger partial charge in [0.15, 0.2) is 0 Å². The lowest BCUT2D eigenvalue weighted by atomic mass is 10.2. The van der Waals surface area contributed by atoms with Crippen molar-refractivity contribution in [1.82, 2.24) is 4.98 Å². The van der Waals surface area contributed by atoms with E-state index in [2.05, 4.69) is 15.0 Å². The second kappa shape index (κ2) is 7.94. The number of thioether (sulfide) groups is 1. The van der Waals surface area contributed by atoms with Crippen LogP contribution in [0.5, 0.6) is 5.75 Å². The number of hydrogen-bond donors (Lipinski definition) is 1. The van der Waals surface area contributed by atoms with Gasteiger partial charge in [0.05, 0.1) is 17.1 Å². The zero-order chi connectivity index (χ0) is 17.0. The van der Waals surface area contributed by atoms with Crippen molar-refractivity contribution in [2.45, 2.75) is 24.3 Å². The predicted molar refractivity (Wildman–Crippen MR) is 89.0 cm³/mol. The summed E-state index contributed by atoms with van der Waals surface area (Å²) in [5.74, 6) is -0.370. The standard InChI is InChI=1S/C14H13ClF2N2O2S2/c1-7-11(23-14(18-7)22-2)6-12(20)19-8-3-4-10(9(15)5-8)21-13(16)17/h3-5,13H,6H2,1-2H3,(H,19,20). The highest BCUT2D eigenvalue weighted by atomic mass is 35.5. The molecule has 0 atom stereocenters. The molecule has 0 fully saturated rings. The molecule has 0 radical (unpaired) electrons. The molecule has 1 aromatic heterocycles. The van der Waals surface area contributed by atoms with E-state index < -0.39 is 6.61 Å². The Morgan fingerprint density at radius 3 is 2.83 bits per heavy atom. The predicted octanol–water partition coefficient (Wildman–Crippen LogP) is 4.61. The fraction of sp³-hybridized carbons (Fsp3) is 0.286. The van der Waals surface area contributed by atoms with Gasteiger partial charge in [-0.2, -0.15) is 8.78 Å². The van der Waals surface area contributed by atoms with Crippen molar-refractivity contribution >= 4 is 46.3 Å². The molecule has 124 valence electrons. The molecule has 0 aliphatic heterocycles. The number of thiazole rings is 1. The Hall–Kier alpha value is -1.38. The molecule has 0 spiro atoms. The number of amides is 1. The number of hydrogen-bond acceptors (Lipinski definition) is 5. The van der Waals surface area contributed by atoms with Gasteiger partial charge in [0.2, 0.25) is 5.91 Å². The molecule has 0 aliphatic carbocycles. The second-order valence-electron chi connectivity index (χ2n) is 4.44. The van der Waals surface area contributed by atoms with E-state index in [1.165, 1.54) is 41.3 Å². The van der Waals surface area contributed by atoms with Gasteiger partial charge in [0.1, 0.15) is 10.1 Å². The zero-order valence-electron chi connectivity index (χ0n) is 12.2. The molecule has 1 N–H and O–H groups in total. The maximum absolute atomic E-state index is 12.2. The Kier molecular flexibility index (Phi) is 6.20. The minimum Gasteiger partial charge on any atom is -0.433 e. The van der Waals surface area contributed by atoms with Gasteiger partial charge in [0.25, 0.3) is 0 Å². The molecule has 2 rings (SSSR count). The van der Waals surface area contributed by atoms with Gasteiger partial charge in [-0.3, -0.25) is 4.79 Å². The van der Waals surface area contributed by atoms with Gasteiger partial charge in [-0.05, 0) is 31.4 Å². The van der Waals surface area contributed by atoms with Gasteiger partial charge in [0, 0.05) is 10.6 Å². The average molecular weight is 379 g/mol. The fourth-order valence-corrected chi connectivity index (χ4v) is 3.65. The van der Waals surface area contributed by atoms with Crippen molar-refractivity contribution in [2.24, 2.45) is 0 Å². The summed E-state index contributed by atoms with van der Waals surface area (Å²) in [4.78, 5) is 17.3.